The Morgan fingerprint density at radius 2 is 2.00 bits per heavy atom. The fourth-order valence-electron chi connectivity index (χ4n) is 3.58. The molecule has 144 valence electrons. The molecule has 1 heterocycles. The number of nitrogens with zero attached hydrogens (tertiary/aromatic N) is 2. The number of hydrogen-bond donors (Lipinski definition) is 0. The first-order valence-corrected chi connectivity index (χ1v) is 9.70. The molecular formula is C21H31FN2O2. The highest BCUT2D eigenvalue weighted by atomic mass is 19.1. The molecule has 2 rings (SSSR count). The third kappa shape index (κ3) is 5.55. The zero-order chi connectivity index (χ0) is 19.1. The second kappa shape index (κ2) is 9.70. The molecule has 1 aliphatic rings. The Hall–Kier alpha value is -1.91. The average Bonchev–Trinajstić information content (AvgIpc) is 2.65. The molecule has 0 N–H and O–H groups in total. The lowest BCUT2D eigenvalue weighted by atomic mass is 9.93. The van der Waals surface area contributed by atoms with E-state index in [1.165, 1.54) is 12.1 Å². The molecule has 1 aromatic carbocycles. The summed E-state index contributed by atoms with van der Waals surface area (Å²) >= 11 is 0. The number of unbranched alkanes of at least 4 members (excludes halogenated alkanes) is 1. The van der Waals surface area contributed by atoms with Crippen LogP contribution in [0.3, 0.4) is 0 Å². The van der Waals surface area contributed by atoms with Gasteiger partial charge in [-0.05, 0) is 43.4 Å². The largest absolute Gasteiger partial charge is 0.346 e. The van der Waals surface area contributed by atoms with Crippen LogP contribution in [-0.4, -0.2) is 48.3 Å². The molecule has 5 heteroatoms. The van der Waals surface area contributed by atoms with E-state index in [0.717, 1.165) is 37.8 Å². The lowest BCUT2D eigenvalue weighted by molar-refractivity contribution is -0.141. The fourth-order valence-corrected chi connectivity index (χ4v) is 3.58. The third-order valence-electron chi connectivity index (χ3n) is 5.23. The standard InChI is InChI=1S/C21H31FN2O2/c1-4-5-11-23(3)21(26)18-9-12-24(13-10-18)20(25)16(2)14-17-7-6-8-19(22)15-17/h6-8,15-16,18H,4-5,9-14H2,1-3H3. The molecule has 0 aliphatic carbocycles. The Bertz CT molecular complexity index is 612. The molecule has 1 fully saturated rings. The first kappa shape index (κ1) is 20.4. The highest BCUT2D eigenvalue weighted by Gasteiger charge is 2.30. The SMILES string of the molecule is CCCCN(C)C(=O)C1CCN(C(=O)C(C)Cc2cccc(F)c2)CC1. The smallest absolute Gasteiger partial charge is 0.225 e. The Kier molecular flexibility index (Phi) is 7.61. The number of benzene rings is 1. The van der Waals surface area contributed by atoms with Gasteiger partial charge in [-0.25, -0.2) is 4.39 Å². The molecule has 4 nitrogen and oxygen atoms in total. The molecular weight excluding hydrogens is 331 g/mol. The summed E-state index contributed by atoms with van der Waals surface area (Å²) in [6, 6.07) is 6.42. The van der Waals surface area contributed by atoms with Gasteiger partial charge in [-0.3, -0.25) is 9.59 Å². The van der Waals surface area contributed by atoms with Gasteiger partial charge in [0.1, 0.15) is 5.82 Å². The van der Waals surface area contributed by atoms with Crippen LogP contribution in [0.5, 0.6) is 0 Å². The van der Waals surface area contributed by atoms with Crippen LogP contribution < -0.4 is 0 Å². The number of amides is 2. The maximum Gasteiger partial charge on any atom is 0.225 e. The number of halogens is 1. The second-order valence-corrected chi connectivity index (χ2v) is 7.45. The summed E-state index contributed by atoms with van der Waals surface area (Å²) in [5, 5.41) is 0. The fraction of sp³-hybridized carbons (Fsp3) is 0.619. The van der Waals surface area contributed by atoms with Crippen LogP contribution in [0.2, 0.25) is 0 Å². The van der Waals surface area contributed by atoms with Crippen LogP contribution in [0, 0.1) is 17.7 Å². The minimum atomic E-state index is -0.270. The van der Waals surface area contributed by atoms with Crippen molar-refractivity contribution in [1.82, 2.24) is 9.80 Å². The van der Waals surface area contributed by atoms with Crippen molar-refractivity contribution in [2.45, 2.75) is 46.0 Å². The quantitative estimate of drug-likeness (QED) is 0.745. The molecule has 1 aromatic rings. The zero-order valence-electron chi connectivity index (χ0n) is 16.2. The van der Waals surface area contributed by atoms with Gasteiger partial charge >= 0.3 is 0 Å². The molecule has 1 unspecified atom stereocenters. The molecule has 0 radical (unpaired) electrons. The predicted octanol–water partition coefficient (Wildman–Crippen LogP) is 3.50. The average molecular weight is 362 g/mol. The van der Waals surface area contributed by atoms with E-state index in [4.69, 9.17) is 0 Å². The minimum Gasteiger partial charge on any atom is -0.346 e. The zero-order valence-corrected chi connectivity index (χ0v) is 16.2. The summed E-state index contributed by atoms with van der Waals surface area (Å²) in [5.41, 5.74) is 0.841. The number of carbonyl (C=O) groups excluding carboxylic acids is 2. The highest BCUT2D eigenvalue weighted by Crippen LogP contribution is 2.22. The lowest BCUT2D eigenvalue weighted by Gasteiger charge is -2.34. The first-order chi connectivity index (χ1) is 12.4. The topological polar surface area (TPSA) is 40.6 Å². The van der Waals surface area contributed by atoms with Crippen molar-refractivity contribution < 1.29 is 14.0 Å². The second-order valence-electron chi connectivity index (χ2n) is 7.45. The number of likely N-dealkylation sites (tertiary alicyclic amines) is 1. The Morgan fingerprint density at radius 3 is 2.62 bits per heavy atom. The van der Waals surface area contributed by atoms with E-state index in [-0.39, 0.29) is 29.5 Å². The van der Waals surface area contributed by atoms with Crippen molar-refractivity contribution in [3.8, 4) is 0 Å². The summed E-state index contributed by atoms with van der Waals surface area (Å²) in [4.78, 5) is 28.8. The van der Waals surface area contributed by atoms with Crippen LogP contribution in [0.25, 0.3) is 0 Å². The van der Waals surface area contributed by atoms with Crippen molar-refractivity contribution in [3.63, 3.8) is 0 Å². The molecule has 1 atom stereocenters. The van der Waals surface area contributed by atoms with E-state index in [0.29, 0.717) is 19.5 Å². The van der Waals surface area contributed by atoms with Crippen molar-refractivity contribution in [1.29, 1.82) is 0 Å². The maximum absolute atomic E-state index is 13.3. The van der Waals surface area contributed by atoms with Gasteiger partial charge in [0.15, 0.2) is 0 Å². The Labute approximate surface area is 156 Å². The molecule has 1 saturated heterocycles. The third-order valence-corrected chi connectivity index (χ3v) is 5.23. The Morgan fingerprint density at radius 1 is 1.31 bits per heavy atom. The minimum absolute atomic E-state index is 0.0273. The van der Waals surface area contributed by atoms with Gasteiger partial charge in [0.25, 0.3) is 0 Å². The summed E-state index contributed by atoms with van der Waals surface area (Å²) in [5.74, 6) is -0.123. The molecule has 2 amide bonds. The maximum atomic E-state index is 13.3. The summed E-state index contributed by atoms with van der Waals surface area (Å²) < 4.78 is 13.3. The number of carbonyl (C=O) groups is 2. The highest BCUT2D eigenvalue weighted by molar-refractivity contribution is 5.81. The first-order valence-electron chi connectivity index (χ1n) is 9.70. The van der Waals surface area contributed by atoms with Gasteiger partial charge in [0.05, 0.1) is 0 Å². The molecule has 1 aliphatic heterocycles. The van der Waals surface area contributed by atoms with Gasteiger partial charge in [-0.2, -0.15) is 0 Å². The van der Waals surface area contributed by atoms with Gasteiger partial charge in [0, 0.05) is 38.5 Å². The van der Waals surface area contributed by atoms with E-state index in [9.17, 15) is 14.0 Å². The van der Waals surface area contributed by atoms with E-state index in [2.05, 4.69) is 6.92 Å². The van der Waals surface area contributed by atoms with Crippen molar-refractivity contribution in [2.75, 3.05) is 26.7 Å². The van der Waals surface area contributed by atoms with Crippen LogP contribution in [0.4, 0.5) is 4.39 Å². The molecule has 0 aromatic heterocycles. The van der Waals surface area contributed by atoms with Gasteiger partial charge < -0.3 is 9.80 Å². The number of piperidine rings is 1. The lowest BCUT2D eigenvalue weighted by Crippen LogP contribution is -2.45. The summed E-state index contributed by atoms with van der Waals surface area (Å²) in [6.07, 6.45) is 4.10. The van der Waals surface area contributed by atoms with Crippen LogP contribution in [0.15, 0.2) is 24.3 Å². The van der Waals surface area contributed by atoms with Crippen LogP contribution >= 0.6 is 0 Å². The Balaban J connectivity index is 1.82. The normalized spacial score (nSPS) is 16.4. The predicted molar refractivity (Wildman–Crippen MR) is 101 cm³/mol. The van der Waals surface area contributed by atoms with Crippen LogP contribution in [0.1, 0.15) is 45.1 Å². The molecule has 26 heavy (non-hydrogen) atoms. The monoisotopic (exact) mass is 362 g/mol. The van der Waals surface area contributed by atoms with Crippen LogP contribution in [-0.2, 0) is 16.0 Å². The summed E-state index contributed by atoms with van der Waals surface area (Å²) in [7, 11) is 1.87. The molecule has 0 bridgehead atoms. The van der Waals surface area contributed by atoms with Gasteiger partial charge in [0.2, 0.25) is 11.8 Å². The molecule has 0 saturated carbocycles. The number of rotatable bonds is 7. The van der Waals surface area contributed by atoms with E-state index in [1.54, 1.807) is 6.07 Å². The van der Waals surface area contributed by atoms with Gasteiger partial charge in [-0.1, -0.05) is 32.4 Å². The van der Waals surface area contributed by atoms with Crippen molar-refractivity contribution >= 4 is 11.8 Å². The van der Waals surface area contributed by atoms with E-state index < -0.39 is 0 Å². The van der Waals surface area contributed by atoms with E-state index in [1.807, 2.05) is 29.8 Å². The van der Waals surface area contributed by atoms with Crippen molar-refractivity contribution in [3.05, 3.63) is 35.6 Å². The van der Waals surface area contributed by atoms with E-state index >= 15 is 0 Å². The van der Waals surface area contributed by atoms with Gasteiger partial charge in [-0.15, -0.1) is 0 Å². The van der Waals surface area contributed by atoms with Crippen molar-refractivity contribution in [2.24, 2.45) is 11.8 Å². The number of hydrogen-bond acceptors (Lipinski definition) is 2. The summed E-state index contributed by atoms with van der Waals surface area (Å²) in [6.45, 7) is 6.07. The molecule has 0 spiro atoms.